The monoisotopic (exact) mass is 249 g/mol. The highest BCUT2D eigenvalue weighted by Gasteiger charge is 2.29. The van der Waals surface area contributed by atoms with Gasteiger partial charge in [-0.05, 0) is 24.9 Å². The number of aromatic carboxylic acids is 1. The zero-order valence-corrected chi connectivity index (χ0v) is 10.0. The van der Waals surface area contributed by atoms with Crippen molar-refractivity contribution >= 4 is 17.6 Å². The molecule has 1 aromatic heterocycles. The van der Waals surface area contributed by atoms with Crippen LogP contribution in [0.3, 0.4) is 0 Å². The van der Waals surface area contributed by atoms with Crippen molar-refractivity contribution < 1.29 is 14.7 Å². The first-order chi connectivity index (χ1) is 8.58. The van der Waals surface area contributed by atoms with E-state index >= 15 is 0 Å². The number of hydrogen-bond donors (Lipinski definition) is 3. The molecule has 2 rings (SSSR count). The molecule has 0 bridgehead atoms. The Labute approximate surface area is 104 Å². The lowest BCUT2D eigenvalue weighted by Gasteiger charge is -2.15. The summed E-state index contributed by atoms with van der Waals surface area (Å²) in [7, 11) is 0. The molecule has 1 aliphatic heterocycles. The number of amides is 1. The lowest BCUT2D eigenvalue weighted by molar-refractivity contribution is -0.118. The van der Waals surface area contributed by atoms with E-state index in [1.807, 2.05) is 6.92 Å². The van der Waals surface area contributed by atoms with E-state index < -0.39 is 5.97 Å². The molecule has 6 heteroatoms. The third-order valence-corrected chi connectivity index (χ3v) is 3.07. The van der Waals surface area contributed by atoms with Crippen molar-refractivity contribution in [3.8, 4) is 0 Å². The molecule has 2 unspecified atom stereocenters. The molecule has 6 nitrogen and oxygen atoms in total. The first-order valence-electron chi connectivity index (χ1n) is 5.80. The first-order valence-corrected chi connectivity index (χ1v) is 5.80. The van der Waals surface area contributed by atoms with E-state index in [2.05, 4.69) is 15.6 Å². The second kappa shape index (κ2) is 5.14. The smallest absolute Gasteiger partial charge is 0.337 e. The quantitative estimate of drug-likeness (QED) is 0.734. The van der Waals surface area contributed by atoms with Crippen LogP contribution in [0.15, 0.2) is 18.5 Å². The van der Waals surface area contributed by atoms with Crippen LogP contribution in [0.1, 0.15) is 23.7 Å². The standard InChI is InChI=1S/C12H15N3O3/c1-7-2-3-14-10(7)11(16)15-9-4-8(12(17)18)5-13-6-9/h4-7,10,14H,2-3H2,1H3,(H,15,16)(H,17,18). The van der Waals surface area contributed by atoms with Crippen molar-refractivity contribution in [2.24, 2.45) is 5.92 Å². The number of nitrogens with zero attached hydrogens (tertiary/aromatic N) is 1. The van der Waals surface area contributed by atoms with Gasteiger partial charge in [0.05, 0.1) is 23.5 Å². The lowest BCUT2D eigenvalue weighted by atomic mass is 10.0. The summed E-state index contributed by atoms with van der Waals surface area (Å²) in [5.41, 5.74) is 0.459. The van der Waals surface area contributed by atoms with Crippen molar-refractivity contribution in [2.75, 3.05) is 11.9 Å². The van der Waals surface area contributed by atoms with Crippen LogP contribution in [0.2, 0.25) is 0 Å². The number of pyridine rings is 1. The number of carbonyl (C=O) groups is 2. The molecule has 2 atom stereocenters. The van der Waals surface area contributed by atoms with Crippen LogP contribution >= 0.6 is 0 Å². The highest BCUT2D eigenvalue weighted by Crippen LogP contribution is 2.16. The Morgan fingerprint density at radius 1 is 1.50 bits per heavy atom. The lowest BCUT2D eigenvalue weighted by Crippen LogP contribution is -2.39. The highest BCUT2D eigenvalue weighted by atomic mass is 16.4. The molecule has 0 aromatic carbocycles. The molecule has 18 heavy (non-hydrogen) atoms. The van der Waals surface area contributed by atoms with Gasteiger partial charge in [0.15, 0.2) is 0 Å². The Bertz CT molecular complexity index is 475. The van der Waals surface area contributed by atoms with Gasteiger partial charge in [0, 0.05) is 6.20 Å². The number of nitrogens with one attached hydrogen (secondary N) is 2. The van der Waals surface area contributed by atoms with Crippen LogP contribution in [-0.4, -0.2) is 34.6 Å². The van der Waals surface area contributed by atoms with E-state index in [1.54, 1.807) is 0 Å². The molecule has 0 spiro atoms. The topological polar surface area (TPSA) is 91.3 Å². The fraction of sp³-hybridized carbons (Fsp3) is 0.417. The fourth-order valence-electron chi connectivity index (χ4n) is 2.03. The molecule has 96 valence electrons. The van der Waals surface area contributed by atoms with Crippen LogP contribution in [0.4, 0.5) is 5.69 Å². The summed E-state index contributed by atoms with van der Waals surface area (Å²) >= 11 is 0. The van der Waals surface area contributed by atoms with E-state index in [9.17, 15) is 9.59 Å². The zero-order valence-electron chi connectivity index (χ0n) is 10.0. The van der Waals surface area contributed by atoms with Gasteiger partial charge in [-0.15, -0.1) is 0 Å². The largest absolute Gasteiger partial charge is 0.478 e. The number of aromatic nitrogens is 1. The Balaban J connectivity index is 2.07. The van der Waals surface area contributed by atoms with Gasteiger partial charge >= 0.3 is 5.97 Å². The minimum atomic E-state index is -1.06. The summed E-state index contributed by atoms with van der Waals surface area (Å²) in [5.74, 6) is -0.934. The Morgan fingerprint density at radius 2 is 2.28 bits per heavy atom. The molecule has 0 aliphatic carbocycles. The fourth-order valence-corrected chi connectivity index (χ4v) is 2.03. The van der Waals surface area contributed by atoms with E-state index in [1.165, 1.54) is 18.5 Å². The predicted octanol–water partition coefficient (Wildman–Crippen LogP) is 0.716. The second-order valence-corrected chi connectivity index (χ2v) is 4.45. The van der Waals surface area contributed by atoms with Gasteiger partial charge in [0.2, 0.25) is 5.91 Å². The maximum atomic E-state index is 12.0. The summed E-state index contributed by atoms with van der Waals surface area (Å²) in [6.07, 6.45) is 3.64. The van der Waals surface area contributed by atoms with Crippen LogP contribution < -0.4 is 10.6 Å². The van der Waals surface area contributed by atoms with Crippen LogP contribution in [-0.2, 0) is 4.79 Å². The third kappa shape index (κ3) is 2.65. The van der Waals surface area contributed by atoms with Gasteiger partial charge in [-0.25, -0.2) is 4.79 Å². The first kappa shape index (κ1) is 12.5. The van der Waals surface area contributed by atoms with Crippen LogP contribution in [0.5, 0.6) is 0 Å². The van der Waals surface area contributed by atoms with E-state index in [0.29, 0.717) is 5.69 Å². The van der Waals surface area contributed by atoms with Gasteiger partial charge in [-0.1, -0.05) is 6.92 Å². The average molecular weight is 249 g/mol. The molecule has 1 aromatic rings. The molecule has 3 N–H and O–H groups in total. The van der Waals surface area contributed by atoms with E-state index in [0.717, 1.165) is 13.0 Å². The summed E-state index contributed by atoms with van der Waals surface area (Å²) < 4.78 is 0. The number of carboxylic acids is 1. The molecule has 1 aliphatic rings. The average Bonchev–Trinajstić information content (AvgIpc) is 2.76. The summed E-state index contributed by atoms with van der Waals surface area (Å²) in [6.45, 7) is 2.84. The molecule has 1 saturated heterocycles. The maximum absolute atomic E-state index is 12.0. The number of hydrogen-bond acceptors (Lipinski definition) is 4. The van der Waals surface area contributed by atoms with Crippen molar-refractivity contribution in [3.05, 3.63) is 24.0 Å². The number of carbonyl (C=O) groups excluding carboxylic acids is 1. The Morgan fingerprint density at radius 3 is 2.89 bits per heavy atom. The van der Waals surface area contributed by atoms with Gasteiger partial charge in [-0.3, -0.25) is 9.78 Å². The van der Waals surface area contributed by atoms with Crippen molar-refractivity contribution in [1.82, 2.24) is 10.3 Å². The second-order valence-electron chi connectivity index (χ2n) is 4.45. The highest BCUT2D eigenvalue weighted by molar-refractivity contribution is 5.96. The van der Waals surface area contributed by atoms with Gasteiger partial charge in [0.1, 0.15) is 0 Å². The molecule has 0 saturated carbocycles. The molecule has 0 radical (unpaired) electrons. The SMILES string of the molecule is CC1CCNC1C(=O)Nc1cncc(C(=O)O)c1. The summed E-state index contributed by atoms with van der Waals surface area (Å²) in [5, 5.41) is 14.6. The van der Waals surface area contributed by atoms with Crippen LogP contribution in [0.25, 0.3) is 0 Å². The molecule has 1 amide bonds. The Kier molecular flexibility index (Phi) is 3.57. The van der Waals surface area contributed by atoms with E-state index in [-0.39, 0.29) is 23.4 Å². The minimum absolute atomic E-state index is 0.0558. The van der Waals surface area contributed by atoms with Crippen molar-refractivity contribution in [1.29, 1.82) is 0 Å². The molecule has 1 fully saturated rings. The maximum Gasteiger partial charge on any atom is 0.337 e. The zero-order chi connectivity index (χ0) is 13.1. The van der Waals surface area contributed by atoms with Gasteiger partial charge in [-0.2, -0.15) is 0 Å². The Hall–Kier alpha value is -1.95. The number of rotatable bonds is 3. The van der Waals surface area contributed by atoms with Crippen molar-refractivity contribution in [2.45, 2.75) is 19.4 Å². The third-order valence-electron chi connectivity index (χ3n) is 3.07. The van der Waals surface area contributed by atoms with Crippen LogP contribution in [0, 0.1) is 5.92 Å². The normalized spacial score (nSPS) is 22.7. The minimum Gasteiger partial charge on any atom is -0.478 e. The summed E-state index contributed by atoms with van der Waals surface area (Å²) in [4.78, 5) is 26.5. The predicted molar refractivity (Wildman–Crippen MR) is 65.4 cm³/mol. The summed E-state index contributed by atoms with van der Waals surface area (Å²) in [6, 6.07) is 1.17. The van der Waals surface area contributed by atoms with E-state index in [4.69, 9.17) is 5.11 Å². The van der Waals surface area contributed by atoms with Gasteiger partial charge < -0.3 is 15.7 Å². The number of carboxylic acid groups (broad SMARTS) is 1. The van der Waals surface area contributed by atoms with Gasteiger partial charge in [0.25, 0.3) is 0 Å². The molecular weight excluding hydrogens is 234 g/mol. The molecular formula is C12H15N3O3. The van der Waals surface area contributed by atoms with Crippen molar-refractivity contribution in [3.63, 3.8) is 0 Å². The molecule has 2 heterocycles. The number of anilines is 1.